The highest BCUT2D eigenvalue weighted by Gasteiger charge is 2.09. The molecule has 0 amide bonds. The maximum atomic E-state index is 5.88. The van der Waals surface area contributed by atoms with Crippen LogP contribution in [0.3, 0.4) is 0 Å². The molecule has 0 aliphatic heterocycles. The van der Waals surface area contributed by atoms with Crippen LogP contribution >= 0.6 is 11.6 Å². The van der Waals surface area contributed by atoms with Crippen LogP contribution in [-0.2, 0) is 0 Å². The van der Waals surface area contributed by atoms with Crippen molar-refractivity contribution >= 4 is 11.6 Å². The summed E-state index contributed by atoms with van der Waals surface area (Å²) in [6, 6.07) is 3.63. The molecule has 0 fully saturated rings. The molecule has 0 N–H and O–H groups in total. The minimum atomic E-state index is 0.0960. The van der Waals surface area contributed by atoms with Crippen molar-refractivity contribution in [2.24, 2.45) is 0 Å². The third kappa shape index (κ3) is 1.95. The Balaban J connectivity index is 2.11. The molecule has 0 atom stereocenters. The van der Waals surface area contributed by atoms with Gasteiger partial charge in [-0.3, -0.25) is 0 Å². The molecule has 3 heterocycles. The summed E-state index contributed by atoms with van der Waals surface area (Å²) >= 11 is 5.88. The van der Waals surface area contributed by atoms with Gasteiger partial charge in [0.05, 0.1) is 5.69 Å². The van der Waals surface area contributed by atoms with E-state index in [0.29, 0.717) is 11.9 Å². The quantitative estimate of drug-likeness (QED) is 0.693. The number of halogens is 1. The Labute approximate surface area is 107 Å². The molecule has 0 saturated heterocycles. The lowest BCUT2D eigenvalue weighted by Gasteiger charge is -2.03. The average molecular weight is 262 g/mol. The van der Waals surface area contributed by atoms with Crippen molar-refractivity contribution in [3.63, 3.8) is 0 Å². The first-order valence-electron chi connectivity index (χ1n) is 5.16. The van der Waals surface area contributed by atoms with Crippen molar-refractivity contribution in [2.75, 3.05) is 0 Å². The van der Waals surface area contributed by atoms with Crippen LogP contribution < -0.4 is 0 Å². The molecule has 0 aliphatic rings. The van der Waals surface area contributed by atoms with Crippen LogP contribution in [0.25, 0.3) is 11.9 Å². The van der Waals surface area contributed by atoms with Crippen LogP contribution in [0.4, 0.5) is 0 Å². The molecule has 8 heteroatoms. The first kappa shape index (κ1) is 10.8. The summed E-state index contributed by atoms with van der Waals surface area (Å²) in [5.74, 6) is 0.705. The standard InChI is InChI=1S/C10H8ClN7/c1-7-3-6-18(16-7)10-14-8(11)13-9(15-10)17-5-2-4-12-17/h2-6H,1H3. The van der Waals surface area contributed by atoms with Gasteiger partial charge in [-0.2, -0.15) is 25.1 Å². The average Bonchev–Trinajstić information content (AvgIpc) is 2.98. The molecule has 0 aromatic carbocycles. The molecule has 0 unspecified atom stereocenters. The van der Waals surface area contributed by atoms with Gasteiger partial charge in [0.25, 0.3) is 11.9 Å². The predicted molar refractivity (Wildman–Crippen MR) is 63.8 cm³/mol. The normalized spacial score (nSPS) is 10.8. The molecular formula is C10H8ClN7. The Bertz CT molecular complexity index is 673. The van der Waals surface area contributed by atoms with E-state index in [0.717, 1.165) is 5.69 Å². The zero-order valence-corrected chi connectivity index (χ0v) is 10.2. The summed E-state index contributed by atoms with van der Waals surface area (Å²) < 4.78 is 3.04. The van der Waals surface area contributed by atoms with Gasteiger partial charge in [-0.05, 0) is 30.7 Å². The molecule has 3 aromatic heterocycles. The highest BCUT2D eigenvalue weighted by atomic mass is 35.5. The number of aromatic nitrogens is 7. The van der Waals surface area contributed by atoms with Gasteiger partial charge in [-0.25, -0.2) is 9.36 Å². The molecule has 90 valence electrons. The monoisotopic (exact) mass is 261 g/mol. The van der Waals surface area contributed by atoms with Gasteiger partial charge in [0.1, 0.15) is 0 Å². The maximum Gasteiger partial charge on any atom is 0.256 e. The van der Waals surface area contributed by atoms with Crippen LogP contribution in [0.5, 0.6) is 0 Å². The van der Waals surface area contributed by atoms with Gasteiger partial charge in [0.2, 0.25) is 5.28 Å². The number of rotatable bonds is 2. The molecular weight excluding hydrogens is 254 g/mol. The molecule has 0 aliphatic carbocycles. The van der Waals surface area contributed by atoms with Crippen LogP contribution in [0.15, 0.2) is 30.7 Å². The Morgan fingerprint density at radius 2 is 1.83 bits per heavy atom. The lowest BCUT2D eigenvalue weighted by Crippen LogP contribution is -2.09. The fraction of sp³-hybridized carbons (Fsp3) is 0.100. The predicted octanol–water partition coefficient (Wildman–Crippen LogP) is 1.20. The smallest absolute Gasteiger partial charge is 0.206 e. The van der Waals surface area contributed by atoms with E-state index in [1.54, 1.807) is 24.7 Å². The van der Waals surface area contributed by atoms with Gasteiger partial charge in [0.15, 0.2) is 0 Å². The Morgan fingerprint density at radius 3 is 2.44 bits per heavy atom. The topological polar surface area (TPSA) is 74.3 Å². The maximum absolute atomic E-state index is 5.88. The van der Waals surface area contributed by atoms with E-state index in [2.05, 4.69) is 25.1 Å². The van der Waals surface area contributed by atoms with E-state index in [1.165, 1.54) is 9.36 Å². The van der Waals surface area contributed by atoms with E-state index >= 15 is 0 Å². The molecule has 0 spiro atoms. The third-order valence-corrected chi connectivity index (χ3v) is 2.39. The van der Waals surface area contributed by atoms with E-state index in [9.17, 15) is 0 Å². The minimum Gasteiger partial charge on any atom is -0.206 e. The van der Waals surface area contributed by atoms with Gasteiger partial charge in [-0.1, -0.05) is 0 Å². The summed E-state index contributed by atoms with van der Waals surface area (Å²) in [6.45, 7) is 1.88. The second-order valence-electron chi connectivity index (χ2n) is 3.56. The van der Waals surface area contributed by atoms with Gasteiger partial charge in [-0.15, -0.1) is 0 Å². The van der Waals surface area contributed by atoms with Crippen molar-refractivity contribution in [3.8, 4) is 11.9 Å². The fourth-order valence-electron chi connectivity index (χ4n) is 1.45. The lowest BCUT2D eigenvalue weighted by atomic mass is 10.5. The fourth-order valence-corrected chi connectivity index (χ4v) is 1.60. The molecule has 3 rings (SSSR count). The highest BCUT2D eigenvalue weighted by Crippen LogP contribution is 2.09. The van der Waals surface area contributed by atoms with E-state index < -0.39 is 0 Å². The third-order valence-electron chi connectivity index (χ3n) is 2.22. The van der Waals surface area contributed by atoms with Gasteiger partial charge in [0, 0.05) is 18.6 Å². The summed E-state index contributed by atoms with van der Waals surface area (Å²) in [4.78, 5) is 12.3. The number of nitrogens with zero attached hydrogens (tertiary/aromatic N) is 7. The van der Waals surface area contributed by atoms with Crippen molar-refractivity contribution in [3.05, 3.63) is 41.7 Å². The van der Waals surface area contributed by atoms with Crippen LogP contribution in [-0.4, -0.2) is 34.5 Å². The Morgan fingerprint density at radius 1 is 1.06 bits per heavy atom. The zero-order chi connectivity index (χ0) is 12.5. The van der Waals surface area contributed by atoms with E-state index in [1.807, 2.05) is 13.0 Å². The minimum absolute atomic E-state index is 0.0960. The number of aryl methyl sites for hydroxylation is 1. The molecule has 0 saturated carbocycles. The number of hydrogen-bond donors (Lipinski definition) is 0. The second-order valence-corrected chi connectivity index (χ2v) is 3.89. The largest absolute Gasteiger partial charge is 0.256 e. The summed E-state index contributed by atoms with van der Waals surface area (Å²) in [6.07, 6.45) is 5.12. The number of hydrogen-bond acceptors (Lipinski definition) is 5. The highest BCUT2D eigenvalue weighted by molar-refractivity contribution is 6.28. The van der Waals surface area contributed by atoms with E-state index in [-0.39, 0.29) is 5.28 Å². The first-order valence-corrected chi connectivity index (χ1v) is 5.54. The van der Waals surface area contributed by atoms with E-state index in [4.69, 9.17) is 11.6 Å². The molecule has 0 radical (unpaired) electrons. The van der Waals surface area contributed by atoms with Gasteiger partial charge < -0.3 is 0 Å². The van der Waals surface area contributed by atoms with Crippen LogP contribution in [0.1, 0.15) is 5.69 Å². The zero-order valence-electron chi connectivity index (χ0n) is 9.40. The van der Waals surface area contributed by atoms with Crippen molar-refractivity contribution < 1.29 is 0 Å². The van der Waals surface area contributed by atoms with Gasteiger partial charge >= 0.3 is 0 Å². The SMILES string of the molecule is Cc1ccn(-c2nc(Cl)nc(-n3cccn3)n2)n1. The second kappa shape index (κ2) is 4.19. The molecule has 7 nitrogen and oxygen atoms in total. The summed E-state index contributed by atoms with van der Waals surface area (Å²) in [5.41, 5.74) is 0.868. The molecule has 18 heavy (non-hydrogen) atoms. The molecule has 3 aromatic rings. The van der Waals surface area contributed by atoms with Crippen LogP contribution in [0, 0.1) is 6.92 Å². The van der Waals surface area contributed by atoms with Crippen molar-refractivity contribution in [2.45, 2.75) is 6.92 Å². The first-order chi connectivity index (χ1) is 8.72. The summed E-state index contributed by atoms with van der Waals surface area (Å²) in [7, 11) is 0. The Hall–Kier alpha value is -2.28. The Kier molecular flexibility index (Phi) is 2.52. The molecule has 0 bridgehead atoms. The van der Waals surface area contributed by atoms with Crippen molar-refractivity contribution in [1.29, 1.82) is 0 Å². The lowest BCUT2D eigenvalue weighted by molar-refractivity contribution is 0.740. The van der Waals surface area contributed by atoms with Crippen molar-refractivity contribution in [1.82, 2.24) is 34.5 Å². The summed E-state index contributed by atoms with van der Waals surface area (Å²) in [5, 5.41) is 8.36. The van der Waals surface area contributed by atoms with Crippen LogP contribution in [0.2, 0.25) is 5.28 Å².